The predicted molar refractivity (Wildman–Crippen MR) is 60.4 cm³/mol. The minimum Gasteiger partial charge on any atom is -0.302 e. The Balaban J connectivity index is 2.02. The molecule has 0 spiro atoms. The van der Waals surface area contributed by atoms with Gasteiger partial charge in [-0.05, 0) is 38.1 Å². The van der Waals surface area contributed by atoms with Crippen LogP contribution >= 0.6 is 0 Å². The van der Waals surface area contributed by atoms with Gasteiger partial charge in [-0.2, -0.15) is 0 Å². The molecule has 2 rings (SSSR count). The van der Waals surface area contributed by atoms with Gasteiger partial charge in [0.25, 0.3) is 0 Å². The maximum Gasteiger partial charge on any atom is 0.0166 e. The van der Waals surface area contributed by atoms with Crippen molar-refractivity contribution in [3.63, 3.8) is 0 Å². The molecule has 0 aromatic carbocycles. The first-order valence-electron chi connectivity index (χ1n) is 5.51. The fourth-order valence-corrected chi connectivity index (χ4v) is 2.12. The Kier molecular flexibility index (Phi) is 3.04. The molecule has 2 aliphatic heterocycles. The summed E-state index contributed by atoms with van der Waals surface area (Å²) in [4.78, 5) is 4.75. The Morgan fingerprint density at radius 1 is 0.857 bits per heavy atom. The smallest absolute Gasteiger partial charge is 0.0166 e. The number of hydrogen-bond acceptors (Lipinski definition) is 2. The number of nitrogens with zero attached hydrogens (tertiary/aromatic N) is 2. The summed E-state index contributed by atoms with van der Waals surface area (Å²) in [6.07, 6.45) is 7.29. The Morgan fingerprint density at radius 2 is 1.29 bits per heavy atom. The summed E-state index contributed by atoms with van der Waals surface area (Å²) >= 11 is 0. The van der Waals surface area contributed by atoms with Crippen molar-refractivity contribution >= 4 is 0 Å². The van der Waals surface area contributed by atoms with Crippen molar-refractivity contribution in [1.29, 1.82) is 0 Å². The van der Waals surface area contributed by atoms with Crippen molar-refractivity contribution < 1.29 is 0 Å². The summed E-state index contributed by atoms with van der Waals surface area (Å²) < 4.78 is 0. The van der Waals surface area contributed by atoms with Crippen LogP contribution in [0, 0.1) is 0 Å². The van der Waals surface area contributed by atoms with Gasteiger partial charge in [-0.15, -0.1) is 0 Å². The maximum atomic E-state index is 2.40. The van der Waals surface area contributed by atoms with E-state index in [2.05, 4.69) is 36.0 Å². The molecule has 0 atom stereocenters. The van der Waals surface area contributed by atoms with Crippen LogP contribution in [0.4, 0.5) is 0 Å². The fourth-order valence-electron chi connectivity index (χ4n) is 2.12. The first-order valence-corrected chi connectivity index (χ1v) is 5.51. The highest BCUT2D eigenvalue weighted by molar-refractivity contribution is 5.34. The standard InChI is InChI=1S/C12H20N2/c1-13-7-3-11(4-8-13)12-5-9-14(2)10-6-12/h3,5H,4,6-10H2,1-2H3. The second-order valence-electron chi connectivity index (χ2n) is 4.48. The van der Waals surface area contributed by atoms with Gasteiger partial charge in [0.1, 0.15) is 0 Å². The monoisotopic (exact) mass is 192 g/mol. The minimum absolute atomic E-state index is 1.13. The zero-order chi connectivity index (χ0) is 9.97. The lowest BCUT2D eigenvalue weighted by atomic mass is 9.95. The molecule has 0 aromatic heterocycles. The van der Waals surface area contributed by atoms with E-state index in [0.29, 0.717) is 0 Å². The van der Waals surface area contributed by atoms with Crippen molar-refractivity contribution in [3.8, 4) is 0 Å². The summed E-state index contributed by atoms with van der Waals surface area (Å²) in [6, 6.07) is 0. The lowest BCUT2D eigenvalue weighted by Gasteiger charge is -2.27. The first kappa shape index (κ1) is 9.94. The quantitative estimate of drug-likeness (QED) is 0.621. The molecule has 0 unspecified atom stereocenters. The Hall–Kier alpha value is -0.600. The third-order valence-electron chi connectivity index (χ3n) is 3.24. The molecule has 0 radical (unpaired) electrons. The van der Waals surface area contributed by atoms with Gasteiger partial charge in [-0.1, -0.05) is 12.2 Å². The molecule has 2 nitrogen and oxygen atoms in total. The molecule has 0 fully saturated rings. The second-order valence-corrected chi connectivity index (χ2v) is 4.48. The number of hydrogen-bond donors (Lipinski definition) is 0. The summed E-state index contributed by atoms with van der Waals surface area (Å²) in [6.45, 7) is 4.70. The second kappa shape index (κ2) is 4.28. The molecule has 0 N–H and O–H groups in total. The van der Waals surface area contributed by atoms with Crippen LogP contribution in [0.3, 0.4) is 0 Å². The van der Waals surface area contributed by atoms with Gasteiger partial charge in [0.05, 0.1) is 0 Å². The van der Waals surface area contributed by atoms with Gasteiger partial charge < -0.3 is 9.80 Å². The number of likely N-dealkylation sites (N-methyl/N-ethyl adjacent to an activating group) is 2. The Labute approximate surface area is 86.9 Å². The molecule has 78 valence electrons. The summed E-state index contributed by atoms with van der Waals surface area (Å²) in [5.74, 6) is 0. The highest BCUT2D eigenvalue weighted by atomic mass is 15.1. The van der Waals surface area contributed by atoms with Gasteiger partial charge >= 0.3 is 0 Å². The van der Waals surface area contributed by atoms with E-state index in [1.807, 2.05) is 0 Å². The lowest BCUT2D eigenvalue weighted by molar-refractivity contribution is 0.347. The van der Waals surface area contributed by atoms with E-state index in [4.69, 9.17) is 0 Å². The molecular weight excluding hydrogens is 172 g/mol. The van der Waals surface area contributed by atoms with Crippen LogP contribution in [0.25, 0.3) is 0 Å². The summed E-state index contributed by atoms with van der Waals surface area (Å²) in [5, 5.41) is 0. The number of rotatable bonds is 1. The molecule has 0 saturated heterocycles. The first-order chi connectivity index (χ1) is 6.75. The molecule has 0 saturated carbocycles. The Morgan fingerprint density at radius 3 is 1.57 bits per heavy atom. The van der Waals surface area contributed by atoms with Crippen molar-refractivity contribution in [3.05, 3.63) is 23.3 Å². The average Bonchev–Trinajstić information content (AvgIpc) is 2.21. The molecule has 0 bridgehead atoms. The van der Waals surface area contributed by atoms with Crippen LogP contribution in [0.15, 0.2) is 23.3 Å². The van der Waals surface area contributed by atoms with Crippen molar-refractivity contribution in [2.45, 2.75) is 12.8 Å². The van der Waals surface area contributed by atoms with E-state index in [1.54, 1.807) is 11.1 Å². The van der Waals surface area contributed by atoms with Crippen LogP contribution in [0.5, 0.6) is 0 Å². The summed E-state index contributed by atoms with van der Waals surface area (Å²) in [5.41, 5.74) is 3.22. The van der Waals surface area contributed by atoms with Crippen LogP contribution in [-0.2, 0) is 0 Å². The molecule has 0 amide bonds. The van der Waals surface area contributed by atoms with E-state index in [0.717, 1.165) is 13.1 Å². The predicted octanol–water partition coefficient (Wildman–Crippen LogP) is 1.51. The van der Waals surface area contributed by atoms with Gasteiger partial charge in [0.15, 0.2) is 0 Å². The minimum atomic E-state index is 1.13. The zero-order valence-electron chi connectivity index (χ0n) is 9.29. The van der Waals surface area contributed by atoms with E-state index in [9.17, 15) is 0 Å². The van der Waals surface area contributed by atoms with Crippen molar-refractivity contribution in [2.75, 3.05) is 40.3 Å². The summed E-state index contributed by atoms with van der Waals surface area (Å²) in [7, 11) is 4.38. The van der Waals surface area contributed by atoms with E-state index in [-0.39, 0.29) is 0 Å². The molecular formula is C12H20N2. The average molecular weight is 192 g/mol. The van der Waals surface area contributed by atoms with Crippen molar-refractivity contribution in [1.82, 2.24) is 9.80 Å². The SMILES string of the molecule is CN1CC=C(C2=CCN(C)CC2)CC1. The lowest BCUT2D eigenvalue weighted by Crippen LogP contribution is -2.28. The van der Waals surface area contributed by atoms with Gasteiger partial charge in [-0.25, -0.2) is 0 Å². The van der Waals surface area contributed by atoms with Crippen LogP contribution < -0.4 is 0 Å². The molecule has 0 aliphatic carbocycles. The van der Waals surface area contributed by atoms with E-state index >= 15 is 0 Å². The molecule has 0 aromatic rings. The highest BCUT2D eigenvalue weighted by Crippen LogP contribution is 2.23. The zero-order valence-corrected chi connectivity index (χ0v) is 9.29. The van der Waals surface area contributed by atoms with E-state index in [1.165, 1.54) is 25.9 Å². The van der Waals surface area contributed by atoms with Crippen LogP contribution in [-0.4, -0.2) is 50.1 Å². The van der Waals surface area contributed by atoms with Gasteiger partial charge in [-0.3, -0.25) is 0 Å². The van der Waals surface area contributed by atoms with Crippen LogP contribution in [0.1, 0.15) is 12.8 Å². The normalized spacial score (nSPS) is 25.9. The largest absolute Gasteiger partial charge is 0.302 e. The maximum absolute atomic E-state index is 2.40. The Bertz CT molecular complexity index is 237. The van der Waals surface area contributed by atoms with Gasteiger partial charge in [0.2, 0.25) is 0 Å². The van der Waals surface area contributed by atoms with E-state index < -0.39 is 0 Å². The molecule has 2 aliphatic rings. The van der Waals surface area contributed by atoms with Crippen LogP contribution in [0.2, 0.25) is 0 Å². The molecule has 14 heavy (non-hydrogen) atoms. The highest BCUT2D eigenvalue weighted by Gasteiger charge is 2.14. The third kappa shape index (κ3) is 2.25. The third-order valence-corrected chi connectivity index (χ3v) is 3.24. The molecule has 2 heterocycles. The van der Waals surface area contributed by atoms with Gasteiger partial charge in [0, 0.05) is 26.2 Å². The van der Waals surface area contributed by atoms with Crippen molar-refractivity contribution in [2.24, 2.45) is 0 Å². The topological polar surface area (TPSA) is 6.48 Å². The molecule has 2 heteroatoms. The fraction of sp³-hybridized carbons (Fsp3) is 0.667.